The van der Waals surface area contributed by atoms with E-state index in [0.29, 0.717) is 22.1 Å². The lowest BCUT2D eigenvalue weighted by Gasteiger charge is -2.17. The van der Waals surface area contributed by atoms with Crippen LogP contribution in [0, 0.1) is 0 Å². The van der Waals surface area contributed by atoms with Crippen molar-refractivity contribution in [2.45, 2.75) is 6.10 Å². The Morgan fingerprint density at radius 1 is 0.867 bits per heavy atom. The van der Waals surface area contributed by atoms with Crippen molar-refractivity contribution in [3.8, 4) is 0 Å². The number of carbonyl (C=O) groups excluding carboxylic acids is 2. The van der Waals surface area contributed by atoms with Crippen LogP contribution in [-0.4, -0.2) is 11.8 Å². The first kappa shape index (κ1) is 19.8. The van der Waals surface area contributed by atoms with E-state index < -0.39 is 17.7 Å². The van der Waals surface area contributed by atoms with Crippen LogP contribution in [-0.2, 0) is 4.74 Å². The van der Waals surface area contributed by atoms with Gasteiger partial charge in [-0.2, -0.15) is 0 Å². The van der Waals surface area contributed by atoms with Crippen LogP contribution in [0.2, 0.25) is 0 Å². The summed E-state index contributed by atoms with van der Waals surface area (Å²) in [6.07, 6.45) is -1.20. The number of ether oxygens (including phenoxy) is 1. The highest BCUT2D eigenvalue weighted by atomic mass is 79.9. The molecule has 148 valence electrons. The summed E-state index contributed by atoms with van der Waals surface area (Å²) < 4.78 is 11.5. The van der Waals surface area contributed by atoms with Gasteiger partial charge in [-0.15, -0.1) is 0 Å². The Hall–Kier alpha value is -3.51. The molecule has 30 heavy (non-hydrogen) atoms. The minimum atomic E-state index is -1.20. The Balaban J connectivity index is 1.72. The SMILES string of the molecule is O=C(O[C@H](C(=O)c1ccccc1)c1ccccc1)c1cc2cc(Br)ccc2oc1=O. The van der Waals surface area contributed by atoms with Gasteiger partial charge in [0.25, 0.3) is 0 Å². The zero-order valence-electron chi connectivity index (χ0n) is 15.6. The molecule has 0 aliphatic rings. The van der Waals surface area contributed by atoms with Gasteiger partial charge in [0.15, 0.2) is 6.10 Å². The first-order valence-electron chi connectivity index (χ1n) is 9.11. The third-order valence-corrected chi connectivity index (χ3v) is 5.03. The van der Waals surface area contributed by atoms with Crippen LogP contribution in [0.5, 0.6) is 0 Å². The largest absolute Gasteiger partial charge is 0.445 e. The Bertz CT molecular complexity index is 1280. The Morgan fingerprint density at radius 2 is 1.53 bits per heavy atom. The number of rotatable bonds is 5. The first-order chi connectivity index (χ1) is 14.5. The molecule has 1 heterocycles. The number of halogens is 1. The molecule has 4 rings (SSSR count). The van der Waals surface area contributed by atoms with Crippen molar-refractivity contribution < 1.29 is 18.7 Å². The molecule has 3 aromatic carbocycles. The number of Topliss-reactive ketones (excluding diaryl/α,β-unsaturated/α-hetero) is 1. The van der Waals surface area contributed by atoms with Crippen LogP contribution in [0.25, 0.3) is 11.0 Å². The summed E-state index contributed by atoms with van der Waals surface area (Å²) >= 11 is 3.35. The highest BCUT2D eigenvalue weighted by molar-refractivity contribution is 9.10. The maximum Gasteiger partial charge on any atom is 0.351 e. The summed E-state index contributed by atoms with van der Waals surface area (Å²) in [4.78, 5) is 38.3. The second-order valence-corrected chi connectivity index (χ2v) is 7.47. The molecule has 0 bridgehead atoms. The molecule has 1 atom stereocenters. The number of fused-ring (bicyclic) bond motifs is 1. The summed E-state index contributed by atoms with van der Waals surface area (Å²) in [6, 6.07) is 23.7. The zero-order chi connectivity index (χ0) is 21.1. The maximum absolute atomic E-state index is 13.1. The Labute approximate surface area is 180 Å². The van der Waals surface area contributed by atoms with Crippen molar-refractivity contribution in [1.82, 2.24) is 0 Å². The van der Waals surface area contributed by atoms with E-state index in [1.807, 2.05) is 0 Å². The van der Waals surface area contributed by atoms with Crippen LogP contribution >= 0.6 is 15.9 Å². The van der Waals surface area contributed by atoms with E-state index in [1.54, 1.807) is 78.9 Å². The molecular formula is C24H15BrO5. The fraction of sp³-hybridized carbons (Fsp3) is 0.0417. The van der Waals surface area contributed by atoms with Crippen LogP contribution in [0.15, 0.2) is 98.6 Å². The molecule has 4 aromatic rings. The third kappa shape index (κ3) is 4.09. The van der Waals surface area contributed by atoms with Crippen molar-refractivity contribution >= 4 is 38.7 Å². The molecule has 0 aliphatic carbocycles. The topological polar surface area (TPSA) is 73.6 Å². The molecule has 0 amide bonds. The van der Waals surface area contributed by atoms with Gasteiger partial charge in [0.1, 0.15) is 11.1 Å². The molecule has 0 saturated carbocycles. The zero-order valence-corrected chi connectivity index (χ0v) is 17.2. The van der Waals surface area contributed by atoms with Crippen LogP contribution in [0.1, 0.15) is 32.4 Å². The van der Waals surface area contributed by atoms with Gasteiger partial charge in [-0.1, -0.05) is 76.6 Å². The first-order valence-corrected chi connectivity index (χ1v) is 9.91. The van der Waals surface area contributed by atoms with E-state index in [0.717, 1.165) is 4.47 Å². The van der Waals surface area contributed by atoms with Crippen molar-refractivity contribution in [3.05, 3.63) is 117 Å². The molecular weight excluding hydrogens is 448 g/mol. The standard InChI is InChI=1S/C24H15BrO5/c25-18-11-12-20-17(13-18)14-19(23(27)29-20)24(28)30-22(16-9-5-2-6-10-16)21(26)15-7-3-1-4-8-15/h1-14,22H/t22-/m0/s1. The third-order valence-electron chi connectivity index (χ3n) is 4.54. The maximum atomic E-state index is 13.1. The van der Waals surface area contributed by atoms with E-state index in [2.05, 4.69) is 15.9 Å². The Morgan fingerprint density at radius 3 is 2.23 bits per heavy atom. The van der Waals surface area contributed by atoms with E-state index in [-0.39, 0.29) is 11.3 Å². The van der Waals surface area contributed by atoms with Crippen molar-refractivity contribution in [1.29, 1.82) is 0 Å². The molecule has 5 nitrogen and oxygen atoms in total. The summed E-state index contributed by atoms with van der Waals surface area (Å²) in [7, 11) is 0. The molecule has 0 unspecified atom stereocenters. The minimum absolute atomic E-state index is 0.276. The molecule has 0 fully saturated rings. The molecule has 0 aliphatic heterocycles. The number of carbonyl (C=O) groups is 2. The summed E-state index contributed by atoms with van der Waals surface area (Å²) in [5.41, 5.74) is 0.150. The van der Waals surface area contributed by atoms with Crippen LogP contribution < -0.4 is 5.63 Å². The monoisotopic (exact) mass is 462 g/mol. The van der Waals surface area contributed by atoms with Gasteiger partial charge in [-0.05, 0) is 24.3 Å². The highest BCUT2D eigenvalue weighted by Gasteiger charge is 2.28. The van der Waals surface area contributed by atoms with Gasteiger partial charge in [0, 0.05) is 21.0 Å². The number of esters is 1. The number of benzene rings is 3. The number of hydrogen-bond acceptors (Lipinski definition) is 5. The van der Waals surface area contributed by atoms with E-state index in [1.165, 1.54) is 6.07 Å². The smallest absolute Gasteiger partial charge is 0.351 e. The molecule has 0 N–H and O–H groups in total. The molecule has 0 spiro atoms. The molecule has 1 aromatic heterocycles. The van der Waals surface area contributed by atoms with Crippen molar-refractivity contribution in [3.63, 3.8) is 0 Å². The molecule has 0 saturated heterocycles. The van der Waals surface area contributed by atoms with E-state index in [9.17, 15) is 14.4 Å². The van der Waals surface area contributed by atoms with Gasteiger partial charge in [-0.3, -0.25) is 4.79 Å². The van der Waals surface area contributed by atoms with Crippen LogP contribution in [0.4, 0.5) is 0 Å². The second-order valence-electron chi connectivity index (χ2n) is 6.56. The summed E-state index contributed by atoms with van der Waals surface area (Å²) in [6.45, 7) is 0. The van der Waals surface area contributed by atoms with E-state index in [4.69, 9.17) is 9.15 Å². The lowest BCUT2D eigenvalue weighted by atomic mass is 10.00. The van der Waals surface area contributed by atoms with Crippen LogP contribution in [0.3, 0.4) is 0 Å². The van der Waals surface area contributed by atoms with E-state index >= 15 is 0 Å². The average Bonchev–Trinajstić information content (AvgIpc) is 2.78. The predicted molar refractivity (Wildman–Crippen MR) is 116 cm³/mol. The second kappa shape index (κ2) is 8.47. The lowest BCUT2D eigenvalue weighted by Crippen LogP contribution is -2.23. The summed E-state index contributed by atoms with van der Waals surface area (Å²) in [5, 5.41) is 0.557. The van der Waals surface area contributed by atoms with Crippen molar-refractivity contribution in [2.75, 3.05) is 0 Å². The Kier molecular flexibility index (Phi) is 5.59. The van der Waals surface area contributed by atoms with Gasteiger partial charge in [0.2, 0.25) is 5.78 Å². The average molecular weight is 463 g/mol. The fourth-order valence-electron chi connectivity index (χ4n) is 3.06. The highest BCUT2D eigenvalue weighted by Crippen LogP contribution is 2.25. The quantitative estimate of drug-likeness (QED) is 0.227. The lowest BCUT2D eigenvalue weighted by molar-refractivity contribution is 0.0276. The minimum Gasteiger partial charge on any atom is -0.445 e. The van der Waals surface area contributed by atoms with Gasteiger partial charge in [-0.25, -0.2) is 9.59 Å². The normalized spacial score (nSPS) is 11.8. The van der Waals surface area contributed by atoms with Gasteiger partial charge < -0.3 is 9.15 Å². The number of ketones is 1. The van der Waals surface area contributed by atoms with Gasteiger partial charge in [0.05, 0.1) is 0 Å². The predicted octanol–water partition coefficient (Wildman–Crippen LogP) is 5.34. The summed E-state index contributed by atoms with van der Waals surface area (Å²) in [5.74, 6) is -1.31. The molecule has 6 heteroatoms. The number of hydrogen-bond donors (Lipinski definition) is 0. The fourth-order valence-corrected chi connectivity index (χ4v) is 3.44. The van der Waals surface area contributed by atoms with Gasteiger partial charge >= 0.3 is 11.6 Å². The molecule has 0 radical (unpaired) electrons. The van der Waals surface area contributed by atoms with Crippen molar-refractivity contribution in [2.24, 2.45) is 0 Å².